The van der Waals surface area contributed by atoms with Crippen molar-refractivity contribution in [3.8, 4) is 11.5 Å². The number of carbonyl (C=O) groups is 1. The van der Waals surface area contributed by atoms with Gasteiger partial charge in [0.15, 0.2) is 0 Å². The predicted octanol–water partition coefficient (Wildman–Crippen LogP) is 3.09. The highest BCUT2D eigenvalue weighted by molar-refractivity contribution is 5.81. The average Bonchev–Trinajstić information content (AvgIpc) is 2.54. The molecule has 0 aliphatic rings. The molecule has 22 heavy (non-hydrogen) atoms. The van der Waals surface area contributed by atoms with Crippen LogP contribution < -0.4 is 4.74 Å². The van der Waals surface area contributed by atoms with Crippen LogP contribution in [-0.4, -0.2) is 24.3 Å². The molecular formula is C18H18O4. The SMILES string of the molecule is C=CC(=O)OCCOc1ccc(Cc2ccccc2)c(O)c1. The molecule has 2 rings (SSSR count). The van der Waals surface area contributed by atoms with Gasteiger partial charge in [-0.25, -0.2) is 4.79 Å². The minimum Gasteiger partial charge on any atom is -0.508 e. The lowest BCUT2D eigenvalue weighted by molar-refractivity contribution is -0.138. The van der Waals surface area contributed by atoms with Crippen LogP contribution in [0.25, 0.3) is 0 Å². The Bertz CT molecular complexity index is 635. The lowest BCUT2D eigenvalue weighted by Crippen LogP contribution is -2.10. The lowest BCUT2D eigenvalue weighted by atomic mass is 10.0. The quantitative estimate of drug-likeness (QED) is 0.485. The summed E-state index contributed by atoms with van der Waals surface area (Å²) in [6, 6.07) is 15.1. The number of benzene rings is 2. The number of hydrogen-bond acceptors (Lipinski definition) is 4. The molecule has 0 bridgehead atoms. The first-order valence-electron chi connectivity index (χ1n) is 6.97. The summed E-state index contributed by atoms with van der Waals surface area (Å²) >= 11 is 0. The summed E-state index contributed by atoms with van der Waals surface area (Å²) in [5, 5.41) is 10.1. The van der Waals surface area contributed by atoms with Gasteiger partial charge in [0.05, 0.1) is 0 Å². The molecule has 0 amide bonds. The van der Waals surface area contributed by atoms with Gasteiger partial charge in [0.1, 0.15) is 24.7 Å². The number of hydrogen-bond donors (Lipinski definition) is 1. The molecule has 0 saturated heterocycles. The molecule has 4 heteroatoms. The second kappa shape index (κ2) is 7.88. The largest absolute Gasteiger partial charge is 0.508 e. The molecule has 0 heterocycles. The van der Waals surface area contributed by atoms with Crippen LogP contribution in [-0.2, 0) is 16.0 Å². The molecule has 4 nitrogen and oxygen atoms in total. The second-order valence-corrected chi connectivity index (χ2v) is 4.67. The number of rotatable bonds is 7. The van der Waals surface area contributed by atoms with Crippen molar-refractivity contribution in [1.82, 2.24) is 0 Å². The summed E-state index contributed by atoms with van der Waals surface area (Å²) < 4.78 is 10.2. The normalized spacial score (nSPS) is 10.0. The van der Waals surface area contributed by atoms with E-state index in [4.69, 9.17) is 9.47 Å². The Morgan fingerprint density at radius 1 is 1.14 bits per heavy atom. The smallest absolute Gasteiger partial charge is 0.330 e. The molecule has 0 atom stereocenters. The predicted molar refractivity (Wildman–Crippen MR) is 84.0 cm³/mol. The Morgan fingerprint density at radius 2 is 1.91 bits per heavy atom. The maximum atomic E-state index is 10.9. The van der Waals surface area contributed by atoms with Crippen LogP contribution in [0.1, 0.15) is 11.1 Å². The fraction of sp³-hybridized carbons (Fsp3) is 0.167. The Hall–Kier alpha value is -2.75. The van der Waals surface area contributed by atoms with Gasteiger partial charge >= 0.3 is 5.97 Å². The lowest BCUT2D eigenvalue weighted by Gasteiger charge is -2.09. The van der Waals surface area contributed by atoms with E-state index in [1.54, 1.807) is 12.1 Å². The minimum atomic E-state index is -0.482. The maximum Gasteiger partial charge on any atom is 0.330 e. The van der Waals surface area contributed by atoms with Gasteiger partial charge in [0, 0.05) is 18.6 Å². The van der Waals surface area contributed by atoms with Crippen molar-refractivity contribution in [2.75, 3.05) is 13.2 Å². The molecule has 2 aromatic rings. The van der Waals surface area contributed by atoms with E-state index in [1.165, 1.54) is 0 Å². The van der Waals surface area contributed by atoms with Crippen molar-refractivity contribution >= 4 is 5.97 Å². The molecule has 1 N–H and O–H groups in total. The second-order valence-electron chi connectivity index (χ2n) is 4.67. The average molecular weight is 298 g/mol. The van der Waals surface area contributed by atoms with E-state index in [0.717, 1.165) is 17.2 Å². The molecule has 0 aromatic heterocycles. The van der Waals surface area contributed by atoms with Crippen molar-refractivity contribution in [1.29, 1.82) is 0 Å². The topological polar surface area (TPSA) is 55.8 Å². The van der Waals surface area contributed by atoms with Crippen LogP contribution >= 0.6 is 0 Å². The highest BCUT2D eigenvalue weighted by Gasteiger charge is 2.05. The fourth-order valence-electron chi connectivity index (χ4n) is 1.96. The molecule has 0 saturated carbocycles. The number of phenolic OH excluding ortho intramolecular Hbond substituents is 1. The van der Waals surface area contributed by atoms with Gasteiger partial charge in [0.25, 0.3) is 0 Å². The number of carbonyl (C=O) groups excluding carboxylic acids is 1. The van der Waals surface area contributed by atoms with Gasteiger partial charge in [0.2, 0.25) is 0 Å². The van der Waals surface area contributed by atoms with Crippen LogP contribution in [0.5, 0.6) is 11.5 Å². The third-order valence-electron chi connectivity index (χ3n) is 3.06. The van der Waals surface area contributed by atoms with Crippen LogP contribution in [0.4, 0.5) is 0 Å². The van der Waals surface area contributed by atoms with Gasteiger partial charge in [-0.3, -0.25) is 0 Å². The molecule has 2 aromatic carbocycles. The van der Waals surface area contributed by atoms with Crippen LogP contribution in [0.2, 0.25) is 0 Å². The summed E-state index contributed by atoms with van der Waals surface area (Å²) in [7, 11) is 0. The van der Waals surface area contributed by atoms with Crippen LogP contribution in [0, 0.1) is 0 Å². The Balaban J connectivity index is 1.89. The molecule has 0 aliphatic heterocycles. The van der Waals surface area contributed by atoms with Gasteiger partial charge in [-0.2, -0.15) is 0 Å². The number of esters is 1. The van der Waals surface area contributed by atoms with E-state index in [2.05, 4.69) is 6.58 Å². The van der Waals surface area contributed by atoms with E-state index >= 15 is 0 Å². The van der Waals surface area contributed by atoms with Crippen LogP contribution in [0.15, 0.2) is 61.2 Å². The van der Waals surface area contributed by atoms with E-state index in [1.807, 2.05) is 36.4 Å². The highest BCUT2D eigenvalue weighted by Crippen LogP contribution is 2.25. The molecule has 0 fully saturated rings. The molecule has 0 radical (unpaired) electrons. The molecular weight excluding hydrogens is 280 g/mol. The molecule has 0 spiro atoms. The number of phenols is 1. The summed E-state index contributed by atoms with van der Waals surface area (Å²) in [4.78, 5) is 10.9. The Kier molecular flexibility index (Phi) is 5.60. The summed E-state index contributed by atoms with van der Waals surface area (Å²) in [6.07, 6.45) is 1.76. The van der Waals surface area contributed by atoms with Crippen molar-refractivity contribution in [2.24, 2.45) is 0 Å². The first-order valence-corrected chi connectivity index (χ1v) is 6.97. The highest BCUT2D eigenvalue weighted by atomic mass is 16.6. The first kappa shape index (κ1) is 15.6. The van der Waals surface area contributed by atoms with Crippen molar-refractivity contribution in [3.63, 3.8) is 0 Å². The molecule has 0 unspecified atom stereocenters. The number of ether oxygens (including phenoxy) is 2. The standard InChI is InChI=1S/C18H18O4/c1-2-18(20)22-11-10-21-16-9-8-15(17(19)13-16)12-14-6-4-3-5-7-14/h2-9,13,19H,1,10-12H2. The third-order valence-corrected chi connectivity index (χ3v) is 3.06. The van der Waals surface area contributed by atoms with Crippen molar-refractivity contribution < 1.29 is 19.4 Å². The van der Waals surface area contributed by atoms with E-state index in [0.29, 0.717) is 12.2 Å². The molecule has 0 aliphatic carbocycles. The monoisotopic (exact) mass is 298 g/mol. The van der Waals surface area contributed by atoms with E-state index in [-0.39, 0.29) is 19.0 Å². The first-order chi connectivity index (χ1) is 10.7. The van der Waals surface area contributed by atoms with E-state index in [9.17, 15) is 9.90 Å². The van der Waals surface area contributed by atoms with Crippen molar-refractivity contribution in [2.45, 2.75) is 6.42 Å². The summed E-state index contributed by atoms with van der Waals surface area (Å²) in [6.45, 7) is 3.66. The van der Waals surface area contributed by atoms with Crippen molar-refractivity contribution in [3.05, 3.63) is 72.3 Å². The maximum absolute atomic E-state index is 10.9. The van der Waals surface area contributed by atoms with Gasteiger partial charge in [-0.15, -0.1) is 0 Å². The zero-order chi connectivity index (χ0) is 15.8. The zero-order valence-corrected chi connectivity index (χ0v) is 12.2. The summed E-state index contributed by atoms with van der Waals surface area (Å²) in [5.74, 6) is 0.234. The fourth-order valence-corrected chi connectivity index (χ4v) is 1.96. The third kappa shape index (κ3) is 4.66. The number of aromatic hydroxyl groups is 1. The van der Waals surface area contributed by atoms with Gasteiger partial charge < -0.3 is 14.6 Å². The summed E-state index contributed by atoms with van der Waals surface area (Å²) in [5.41, 5.74) is 1.96. The van der Waals surface area contributed by atoms with E-state index < -0.39 is 5.97 Å². The van der Waals surface area contributed by atoms with Crippen LogP contribution in [0.3, 0.4) is 0 Å². The molecule has 114 valence electrons. The van der Waals surface area contributed by atoms with Gasteiger partial charge in [-0.05, 0) is 17.2 Å². The minimum absolute atomic E-state index is 0.136. The zero-order valence-electron chi connectivity index (χ0n) is 12.2. The Morgan fingerprint density at radius 3 is 2.59 bits per heavy atom. The van der Waals surface area contributed by atoms with Gasteiger partial charge in [-0.1, -0.05) is 43.0 Å². The Labute approximate surface area is 129 Å².